The molecular formula is C17H19NO2. The van der Waals surface area contributed by atoms with Gasteiger partial charge < -0.3 is 10.1 Å². The highest BCUT2D eigenvalue weighted by atomic mass is 16.5. The summed E-state index contributed by atoms with van der Waals surface area (Å²) < 4.78 is 5.77. The van der Waals surface area contributed by atoms with E-state index in [0.29, 0.717) is 17.9 Å². The molecule has 0 heterocycles. The second-order valence-corrected chi connectivity index (χ2v) is 4.90. The van der Waals surface area contributed by atoms with Crippen molar-refractivity contribution in [3.63, 3.8) is 0 Å². The Hall–Kier alpha value is -2.29. The van der Waals surface area contributed by atoms with Crippen LogP contribution in [0.5, 0.6) is 5.75 Å². The average molecular weight is 269 g/mol. The SMILES string of the molecule is CC(C)NC(=O)c1ccccc1OCc1ccccc1. The number of rotatable bonds is 5. The maximum Gasteiger partial charge on any atom is 0.255 e. The highest BCUT2D eigenvalue weighted by Gasteiger charge is 2.12. The lowest BCUT2D eigenvalue weighted by Crippen LogP contribution is -2.30. The minimum Gasteiger partial charge on any atom is -0.488 e. The predicted octanol–water partition coefficient (Wildman–Crippen LogP) is 3.40. The molecule has 0 fully saturated rings. The molecule has 1 amide bonds. The van der Waals surface area contributed by atoms with Gasteiger partial charge in [-0.3, -0.25) is 4.79 Å². The lowest BCUT2D eigenvalue weighted by Gasteiger charge is -2.13. The van der Waals surface area contributed by atoms with Crippen LogP contribution in [-0.2, 0) is 6.61 Å². The van der Waals surface area contributed by atoms with Gasteiger partial charge in [-0.05, 0) is 31.5 Å². The lowest BCUT2D eigenvalue weighted by molar-refractivity contribution is 0.0938. The number of nitrogens with one attached hydrogen (secondary N) is 1. The molecule has 0 bridgehead atoms. The monoisotopic (exact) mass is 269 g/mol. The average Bonchev–Trinajstić information content (AvgIpc) is 2.46. The highest BCUT2D eigenvalue weighted by Crippen LogP contribution is 2.19. The molecule has 2 rings (SSSR count). The fraction of sp³-hybridized carbons (Fsp3) is 0.235. The molecule has 0 aliphatic heterocycles. The number of carbonyl (C=O) groups is 1. The lowest BCUT2D eigenvalue weighted by atomic mass is 10.1. The van der Waals surface area contributed by atoms with E-state index in [1.54, 1.807) is 6.07 Å². The third-order valence-electron chi connectivity index (χ3n) is 2.79. The molecule has 0 atom stereocenters. The fourth-order valence-corrected chi connectivity index (χ4v) is 1.86. The number of amides is 1. The summed E-state index contributed by atoms with van der Waals surface area (Å²) in [7, 11) is 0. The van der Waals surface area contributed by atoms with Crippen LogP contribution in [0.4, 0.5) is 0 Å². The normalized spacial score (nSPS) is 10.3. The second-order valence-electron chi connectivity index (χ2n) is 4.90. The van der Waals surface area contributed by atoms with Crippen molar-refractivity contribution in [2.45, 2.75) is 26.5 Å². The van der Waals surface area contributed by atoms with Crippen LogP contribution < -0.4 is 10.1 Å². The van der Waals surface area contributed by atoms with Gasteiger partial charge in [0.2, 0.25) is 0 Å². The summed E-state index contributed by atoms with van der Waals surface area (Å²) in [4.78, 5) is 12.1. The zero-order valence-electron chi connectivity index (χ0n) is 11.8. The highest BCUT2D eigenvalue weighted by molar-refractivity contribution is 5.97. The Kier molecular flexibility index (Phi) is 4.77. The number of carbonyl (C=O) groups excluding carboxylic acids is 1. The van der Waals surface area contributed by atoms with E-state index >= 15 is 0 Å². The van der Waals surface area contributed by atoms with Crippen LogP contribution in [0.3, 0.4) is 0 Å². The van der Waals surface area contributed by atoms with E-state index in [4.69, 9.17) is 4.74 Å². The van der Waals surface area contributed by atoms with E-state index in [1.807, 2.05) is 62.4 Å². The number of hydrogen-bond donors (Lipinski definition) is 1. The van der Waals surface area contributed by atoms with E-state index < -0.39 is 0 Å². The van der Waals surface area contributed by atoms with Gasteiger partial charge in [0.1, 0.15) is 12.4 Å². The van der Waals surface area contributed by atoms with Gasteiger partial charge in [0.05, 0.1) is 5.56 Å². The quantitative estimate of drug-likeness (QED) is 0.903. The molecule has 2 aromatic rings. The van der Waals surface area contributed by atoms with Crippen molar-refractivity contribution in [1.82, 2.24) is 5.32 Å². The Labute approximate surface area is 119 Å². The van der Waals surface area contributed by atoms with Crippen LogP contribution in [-0.4, -0.2) is 11.9 Å². The summed E-state index contributed by atoms with van der Waals surface area (Å²) in [6.45, 7) is 4.32. The molecule has 0 spiro atoms. The van der Waals surface area contributed by atoms with E-state index in [0.717, 1.165) is 5.56 Å². The van der Waals surface area contributed by atoms with Crippen molar-refractivity contribution in [2.24, 2.45) is 0 Å². The van der Waals surface area contributed by atoms with Crippen LogP contribution in [0.1, 0.15) is 29.8 Å². The van der Waals surface area contributed by atoms with Crippen molar-refractivity contribution in [1.29, 1.82) is 0 Å². The fourth-order valence-electron chi connectivity index (χ4n) is 1.86. The van der Waals surface area contributed by atoms with Gasteiger partial charge in [0, 0.05) is 6.04 Å². The van der Waals surface area contributed by atoms with Crippen molar-refractivity contribution < 1.29 is 9.53 Å². The van der Waals surface area contributed by atoms with Gasteiger partial charge in [-0.2, -0.15) is 0 Å². The Morgan fingerprint density at radius 1 is 1.05 bits per heavy atom. The molecule has 20 heavy (non-hydrogen) atoms. The molecule has 0 radical (unpaired) electrons. The van der Waals surface area contributed by atoms with E-state index in [1.165, 1.54) is 0 Å². The number of para-hydroxylation sites is 1. The molecule has 0 unspecified atom stereocenters. The molecule has 0 saturated carbocycles. The number of hydrogen-bond acceptors (Lipinski definition) is 2. The molecule has 1 N–H and O–H groups in total. The first-order valence-corrected chi connectivity index (χ1v) is 6.73. The first-order valence-electron chi connectivity index (χ1n) is 6.73. The molecule has 0 aliphatic carbocycles. The van der Waals surface area contributed by atoms with Gasteiger partial charge in [0.25, 0.3) is 5.91 Å². The summed E-state index contributed by atoms with van der Waals surface area (Å²) in [5, 5.41) is 2.88. The number of benzene rings is 2. The Bertz CT molecular complexity index is 564. The van der Waals surface area contributed by atoms with E-state index in [2.05, 4.69) is 5.32 Å². The van der Waals surface area contributed by atoms with Gasteiger partial charge in [-0.1, -0.05) is 42.5 Å². The van der Waals surface area contributed by atoms with Crippen molar-refractivity contribution in [2.75, 3.05) is 0 Å². The molecular weight excluding hydrogens is 250 g/mol. The second kappa shape index (κ2) is 6.75. The van der Waals surface area contributed by atoms with Gasteiger partial charge >= 0.3 is 0 Å². The Balaban J connectivity index is 2.10. The summed E-state index contributed by atoms with van der Waals surface area (Å²) >= 11 is 0. The van der Waals surface area contributed by atoms with Crippen molar-refractivity contribution >= 4 is 5.91 Å². The third kappa shape index (κ3) is 3.85. The predicted molar refractivity (Wildman–Crippen MR) is 79.8 cm³/mol. The standard InChI is InChI=1S/C17H19NO2/c1-13(2)18-17(19)15-10-6-7-11-16(15)20-12-14-8-4-3-5-9-14/h3-11,13H,12H2,1-2H3,(H,18,19). The maximum atomic E-state index is 12.1. The first kappa shape index (κ1) is 14.1. The topological polar surface area (TPSA) is 38.3 Å². The molecule has 3 nitrogen and oxygen atoms in total. The summed E-state index contributed by atoms with van der Waals surface area (Å²) in [5.74, 6) is 0.498. The Morgan fingerprint density at radius 3 is 2.40 bits per heavy atom. The largest absolute Gasteiger partial charge is 0.488 e. The van der Waals surface area contributed by atoms with Crippen molar-refractivity contribution in [3.8, 4) is 5.75 Å². The minimum atomic E-state index is -0.108. The van der Waals surface area contributed by atoms with Crippen LogP contribution >= 0.6 is 0 Å². The van der Waals surface area contributed by atoms with E-state index in [-0.39, 0.29) is 11.9 Å². The minimum absolute atomic E-state index is 0.102. The molecule has 0 aromatic heterocycles. The van der Waals surface area contributed by atoms with Gasteiger partial charge in [-0.25, -0.2) is 0 Å². The smallest absolute Gasteiger partial charge is 0.255 e. The number of ether oxygens (including phenoxy) is 1. The molecule has 3 heteroatoms. The van der Waals surface area contributed by atoms with Crippen LogP contribution in [0.15, 0.2) is 54.6 Å². The Morgan fingerprint density at radius 2 is 1.70 bits per heavy atom. The molecule has 0 aliphatic rings. The van der Waals surface area contributed by atoms with Crippen LogP contribution in [0.2, 0.25) is 0 Å². The summed E-state index contributed by atoms with van der Waals surface area (Å²) in [6.07, 6.45) is 0. The van der Waals surface area contributed by atoms with Crippen molar-refractivity contribution in [3.05, 3.63) is 65.7 Å². The summed E-state index contributed by atoms with van der Waals surface area (Å²) in [6, 6.07) is 17.3. The van der Waals surface area contributed by atoms with Gasteiger partial charge in [-0.15, -0.1) is 0 Å². The zero-order valence-corrected chi connectivity index (χ0v) is 11.8. The van der Waals surface area contributed by atoms with Crippen LogP contribution in [0.25, 0.3) is 0 Å². The maximum absolute atomic E-state index is 12.1. The molecule has 104 valence electrons. The molecule has 0 saturated heterocycles. The summed E-state index contributed by atoms with van der Waals surface area (Å²) in [5.41, 5.74) is 1.64. The first-order chi connectivity index (χ1) is 9.66. The van der Waals surface area contributed by atoms with Gasteiger partial charge in [0.15, 0.2) is 0 Å². The third-order valence-corrected chi connectivity index (χ3v) is 2.79. The van der Waals surface area contributed by atoms with Crippen LogP contribution in [0, 0.1) is 0 Å². The zero-order chi connectivity index (χ0) is 14.4. The van der Waals surface area contributed by atoms with E-state index in [9.17, 15) is 4.79 Å². The molecule has 2 aromatic carbocycles.